The van der Waals surface area contributed by atoms with Gasteiger partial charge in [0.25, 0.3) is 5.91 Å². The molecule has 0 fully saturated rings. The van der Waals surface area contributed by atoms with Crippen LogP contribution in [0.25, 0.3) is 0 Å². The van der Waals surface area contributed by atoms with E-state index in [0.29, 0.717) is 17.9 Å². The van der Waals surface area contributed by atoms with E-state index in [1.165, 1.54) is 24.3 Å². The fourth-order valence-corrected chi connectivity index (χ4v) is 2.61. The van der Waals surface area contributed by atoms with E-state index in [0.717, 1.165) is 11.3 Å². The fourth-order valence-electron chi connectivity index (χ4n) is 2.61. The molecule has 0 radical (unpaired) electrons. The van der Waals surface area contributed by atoms with Crippen LogP contribution in [-0.2, 0) is 0 Å². The maximum Gasteiger partial charge on any atom is 0.251 e. The number of hydrogen-bond acceptors (Lipinski definition) is 4. The Bertz CT molecular complexity index is 732. The van der Waals surface area contributed by atoms with E-state index in [2.05, 4.69) is 5.32 Å². The van der Waals surface area contributed by atoms with Gasteiger partial charge in [-0.2, -0.15) is 0 Å². The summed E-state index contributed by atoms with van der Waals surface area (Å²) in [5.74, 6) is 0.844. The molecule has 0 spiro atoms. The van der Waals surface area contributed by atoms with E-state index in [1.54, 1.807) is 0 Å². The number of nitrogens with one attached hydrogen (secondary N) is 1. The molecule has 6 heteroatoms. The maximum absolute atomic E-state index is 12.9. The van der Waals surface area contributed by atoms with Crippen molar-refractivity contribution < 1.29 is 18.7 Å². The van der Waals surface area contributed by atoms with Crippen molar-refractivity contribution in [3.05, 3.63) is 59.4 Å². The molecule has 2 aromatic rings. The van der Waals surface area contributed by atoms with Gasteiger partial charge in [0.2, 0.25) is 6.79 Å². The summed E-state index contributed by atoms with van der Waals surface area (Å²) in [5.41, 5.74) is 1.45. The lowest BCUT2D eigenvalue weighted by atomic mass is 10.0. The van der Waals surface area contributed by atoms with Gasteiger partial charge in [-0.1, -0.05) is 6.07 Å². The molecule has 0 aromatic heterocycles. The SMILES string of the molecule is CN(C)[C@H](CNC(=O)c1ccc(F)cc1)c1ccc2c(c1)OCO2. The standard InChI is InChI=1S/C18H19FN2O3/c1-21(2)15(13-5-8-16-17(9-13)24-11-23-16)10-20-18(22)12-3-6-14(19)7-4-12/h3-9,15H,10-11H2,1-2H3,(H,20,22)/t15-/m1/s1. The van der Waals surface area contributed by atoms with E-state index in [9.17, 15) is 9.18 Å². The van der Waals surface area contributed by atoms with Crippen molar-refractivity contribution in [1.29, 1.82) is 0 Å². The molecule has 1 atom stereocenters. The average Bonchev–Trinajstić information content (AvgIpc) is 3.03. The summed E-state index contributed by atoms with van der Waals surface area (Å²) in [7, 11) is 3.89. The van der Waals surface area contributed by atoms with Gasteiger partial charge >= 0.3 is 0 Å². The van der Waals surface area contributed by atoms with Crippen LogP contribution in [0.3, 0.4) is 0 Å². The lowest BCUT2D eigenvalue weighted by Gasteiger charge is -2.25. The molecule has 0 saturated carbocycles. The minimum absolute atomic E-state index is 0.0242. The summed E-state index contributed by atoms with van der Waals surface area (Å²) in [6.07, 6.45) is 0. The first-order valence-corrected chi connectivity index (χ1v) is 7.64. The molecule has 1 heterocycles. The topological polar surface area (TPSA) is 50.8 Å². The predicted molar refractivity (Wildman–Crippen MR) is 87.7 cm³/mol. The van der Waals surface area contributed by atoms with Gasteiger partial charge < -0.3 is 19.7 Å². The molecular formula is C18H19FN2O3. The number of ether oxygens (including phenoxy) is 2. The molecule has 1 aliphatic rings. The van der Waals surface area contributed by atoms with Gasteiger partial charge in [0.1, 0.15) is 5.82 Å². The van der Waals surface area contributed by atoms with Crippen molar-refractivity contribution in [1.82, 2.24) is 10.2 Å². The van der Waals surface area contributed by atoms with Crippen molar-refractivity contribution in [2.75, 3.05) is 27.4 Å². The zero-order chi connectivity index (χ0) is 17.1. The Balaban J connectivity index is 1.70. The molecule has 2 aromatic carbocycles. The Kier molecular flexibility index (Phi) is 4.66. The molecule has 0 aliphatic carbocycles. The summed E-state index contributed by atoms with van der Waals surface area (Å²) >= 11 is 0. The first-order chi connectivity index (χ1) is 11.5. The fraction of sp³-hybridized carbons (Fsp3) is 0.278. The number of halogens is 1. The number of benzene rings is 2. The molecule has 24 heavy (non-hydrogen) atoms. The number of likely N-dealkylation sites (N-methyl/N-ethyl adjacent to an activating group) is 1. The van der Waals surface area contributed by atoms with Gasteiger partial charge in [-0.3, -0.25) is 4.79 Å². The van der Waals surface area contributed by atoms with Crippen LogP contribution in [0.2, 0.25) is 0 Å². The number of fused-ring (bicyclic) bond motifs is 1. The third-order valence-electron chi connectivity index (χ3n) is 3.97. The van der Waals surface area contributed by atoms with E-state index >= 15 is 0 Å². The average molecular weight is 330 g/mol. The van der Waals surface area contributed by atoms with Crippen molar-refractivity contribution in [3.8, 4) is 11.5 Å². The lowest BCUT2D eigenvalue weighted by Crippen LogP contribution is -2.34. The van der Waals surface area contributed by atoms with Gasteiger partial charge in [-0.15, -0.1) is 0 Å². The summed E-state index contributed by atoms with van der Waals surface area (Å²) in [4.78, 5) is 14.2. The number of rotatable bonds is 5. The zero-order valence-electron chi connectivity index (χ0n) is 13.6. The van der Waals surface area contributed by atoms with Gasteiger partial charge in [0.15, 0.2) is 11.5 Å². The summed E-state index contributed by atoms with van der Waals surface area (Å²) < 4.78 is 23.7. The van der Waals surface area contributed by atoms with Gasteiger partial charge in [-0.05, 0) is 56.1 Å². The van der Waals surface area contributed by atoms with E-state index in [-0.39, 0.29) is 24.6 Å². The third-order valence-corrected chi connectivity index (χ3v) is 3.97. The predicted octanol–water partition coefficient (Wildman–Crippen LogP) is 2.59. The van der Waals surface area contributed by atoms with Crippen molar-refractivity contribution >= 4 is 5.91 Å². The third kappa shape index (κ3) is 3.49. The minimum atomic E-state index is -0.363. The Morgan fingerprint density at radius 2 is 1.88 bits per heavy atom. The van der Waals surface area contributed by atoms with Crippen LogP contribution in [0.4, 0.5) is 4.39 Å². The molecule has 3 rings (SSSR count). The Morgan fingerprint density at radius 1 is 1.17 bits per heavy atom. The maximum atomic E-state index is 12.9. The van der Waals surface area contributed by atoms with Crippen LogP contribution in [-0.4, -0.2) is 38.2 Å². The van der Waals surface area contributed by atoms with Crippen molar-refractivity contribution in [2.24, 2.45) is 0 Å². The van der Waals surface area contributed by atoms with E-state index < -0.39 is 0 Å². The summed E-state index contributed by atoms with van der Waals surface area (Å²) in [6, 6.07) is 11.2. The highest BCUT2D eigenvalue weighted by Gasteiger charge is 2.20. The Morgan fingerprint density at radius 3 is 2.58 bits per heavy atom. The number of amides is 1. The molecule has 0 unspecified atom stereocenters. The highest BCUT2D eigenvalue weighted by molar-refractivity contribution is 5.94. The van der Waals surface area contributed by atoms with Crippen molar-refractivity contribution in [2.45, 2.75) is 6.04 Å². The molecule has 1 aliphatic heterocycles. The number of hydrogen-bond donors (Lipinski definition) is 1. The highest BCUT2D eigenvalue weighted by Crippen LogP contribution is 2.34. The second kappa shape index (κ2) is 6.88. The minimum Gasteiger partial charge on any atom is -0.454 e. The monoisotopic (exact) mass is 330 g/mol. The molecule has 126 valence electrons. The number of carbonyl (C=O) groups excluding carboxylic acids is 1. The summed E-state index contributed by atoms with van der Waals surface area (Å²) in [6.45, 7) is 0.648. The second-order valence-electron chi connectivity index (χ2n) is 5.81. The number of nitrogens with zero attached hydrogens (tertiary/aromatic N) is 1. The largest absolute Gasteiger partial charge is 0.454 e. The molecule has 0 bridgehead atoms. The zero-order valence-corrected chi connectivity index (χ0v) is 13.6. The molecule has 5 nitrogen and oxygen atoms in total. The van der Waals surface area contributed by atoms with Crippen LogP contribution in [0.5, 0.6) is 11.5 Å². The quantitative estimate of drug-likeness (QED) is 0.915. The Labute approximate surface area is 140 Å². The van der Waals surface area contributed by atoms with Crippen LogP contribution in [0, 0.1) is 5.82 Å². The van der Waals surface area contributed by atoms with Crippen LogP contribution < -0.4 is 14.8 Å². The van der Waals surface area contributed by atoms with Crippen molar-refractivity contribution in [3.63, 3.8) is 0 Å². The van der Waals surface area contributed by atoms with Crippen LogP contribution in [0.1, 0.15) is 22.0 Å². The van der Waals surface area contributed by atoms with Crippen LogP contribution in [0.15, 0.2) is 42.5 Å². The smallest absolute Gasteiger partial charge is 0.251 e. The van der Waals surface area contributed by atoms with Crippen LogP contribution >= 0.6 is 0 Å². The Hall–Kier alpha value is -2.60. The lowest BCUT2D eigenvalue weighted by molar-refractivity contribution is 0.0942. The molecule has 0 saturated heterocycles. The van der Waals surface area contributed by atoms with E-state index in [4.69, 9.17) is 9.47 Å². The second-order valence-corrected chi connectivity index (χ2v) is 5.81. The van der Waals surface area contributed by atoms with Gasteiger partial charge in [-0.25, -0.2) is 4.39 Å². The first-order valence-electron chi connectivity index (χ1n) is 7.64. The van der Waals surface area contributed by atoms with Gasteiger partial charge in [0, 0.05) is 12.1 Å². The van der Waals surface area contributed by atoms with Gasteiger partial charge in [0.05, 0.1) is 6.04 Å². The summed E-state index contributed by atoms with van der Waals surface area (Å²) in [5, 5.41) is 2.89. The highest BCUT2D eigenvalue weighted by atomic mass is 19.1. The first kappa shape index (κ1) is 16.3. The van der Waals surface area contributed by atoms with E-state index in [1.807, 2.05) is 37.2 Å². The number of carbonyl (C=O) groups is 1. The molecule has 1 N–H and O–H groups in total. The normalized spacial score (nSPS) is 13.8. The molecular weight excluding hydrogens is 311 g/mol. The molecule has 1 amide bonds.